The lowest BCUT2D eigenvalue weighted by Crippen LogP contribution is -2.48. The highest BCUT2D eigenvalue weighted by molar-refractivity contribution is 6.31. The Morgan fingerprint density at radius 3 is 2.41 bits per heavy atom. The fourth-order valence-electron chi connectivity index (χ4n) is 3.65. The Labute approximate surface area is 175 Å². The van der Waals surface area contributed by atoms with Gasteiger partial charge >= 0.3 is 0 Å². The van der Waals surface area contributed by atoms with Crippen LogP contribution in [-0.2, 0) is 24.3 Å². The average molecular weight is 405 g/mol. The van der Waals surface area contributed by atoms with E-state index < -0.39 is 6.04 Å². The molecule has 0 spiro atoms. The van der Waals surface area contributed by atoms with E-state index in [0.717, 1.165) is 16.7 Å². The number of hydrogen-bond donors (Lipinski definition) is 1. The van der Waals surface area contributed by atoms with Gasteiger partial charge in [0.25, 0.3) is 5.91 Å². The maximum absolute atomic E-state index is 13.2. The molecule has 1 atom stereocenters. The summed E-state index contributed by atoms with van der Waals surface area (Å²) >= 11 is 6.21. The Morgan fingerprint density at radius 1 is 0.966 bits per heavy atom. The summed E-state index contributed by atoms with van der Waals surface area (Å²) in [6.07, 6.45) is 0.453. The number of nitrogens with zero attached hydrogens (tertiary/aromatic N) is 1. The Hall–Kier alpha value is -3.11. The molecule has 2 amide bonds. The standard InChI is InChI=1S/C24H21ClN2O2/c25-21-13-7-5-10-18(21)15-26-23(28)22(14-17-8-2-1-3-9-17)27-16-19-11-4-6-12-20(19)24(27)29/h1-13,22H,14-16H2,(H,26,28). The lowest BCUT2D eigenvalue weighted by Gasteiger charge is -2.27. The van der Waals surface area contributed by atoms with Crippen LogP contribution in [0.15, 0.2) is 78.9 Å². The first-order valence-electron chi connectivity index (χ1n) is 9.57. The van der Waals surface area contributed by atoms with Crippen molar-refractivity contribution in [1.82, 2.24) is 10.2 Å². The molecule has 3 aromatic rings. The molecule has 0 aliphatic carbocycles. The van der Waals surface area contributed by atoms with Gasteiger partial charge in [-0.25, -0.2) is 0 Å². The molecule has 4 rings (SSSR count). The zero-order valence-electron chi connectivity index (χ0n) is 15.8. The maximum atomic E-state index is 13.2. The molecule has 0 bridgehead atoms. The van der Waals surface area contributed by atoms with Crippen LogP contribution in [0.25, 0.3) is 0 Å². The van der Waals surface area contributed by atoms with Gasteiger partial charge < -0.3 is 10.2 Å². The van der Waals surface area contributed by atoms with Gasteiger partial charge in [0.15, 0.2) is 0 Å². The summed E-state index contributed by atoms with van der Waals surface area (Å²) in [6, 6.07) is 24.1. The third-order valence-corrected chi connectivity index (χ3v) is 5.58. The average Bonchev–Trinajstić information content (AvgIpc) is 3.08. The van der Waals surface area contributed by atoms with Gasteiger partial charge in [0.05, 0.1) is 0 Å². The number of benzene rings is 3. The van der Waals surface area contributed by atoms with E-state index in [2.05, 4.69) is 5.32 Å². The summed E-state index contributed by atoms with van der Waals surface area (Å²) in [5.74, 6) is -0.288. The Morgan fingerprint density at radius 2 is 1.66 bits per heavy atom. The fraction of sp³-hybridized carbons (Fsp3) is 0.167. The molecule has 1 N–H and O–H groups in total. The SMILES string of the molecule is O=C(NCc1ccccc1Cl)C(Cc1ccccc1)N1Cc2ccccc2C1=O. The first-order valence-corrected chi connectivity index (χ1v) is 9.95. The summed E-state index contributed by atoms with van der Waals surface area (Å²) in [6.45, 7) is 0.755. The number of carbonyl (C=O) groups excluding carboxylic acids is 2. The van der Waals surface area contributed by atoms with Crippen LogP contribution in [-0.4, -0.2) is 22.8 Å². The molecule has 29 heavy (non-hydrogen) atoms. The second-order valence-corrected chi connectivity index (χ2v) is 7.51. The maximum Gasteiger partial charge on any atom is 0.255 e. The molecule has 1 aliphatic rings. The summed E-state index contributed by atoms with van der Waals surface area (Å²) in [7, 11) is 0. The van der Waals surface area contributed by atoms with E-state index in [4.69, 9.17) is 11.6 Å². The van der Waals surface area contributed by atoms with Crippen LogP contribution in [0.1, 0.15) is 27.0 Å². The van der Waals surface area contributed by atoms with E-state index >= 15 is 0 Å². The minimum Gasteiger partial charge on any atom is -0.350 e. The monoisotopic (exact) mass is 404 g/mol. The first-order chi connectivity index (χ1) is 14.1. The predicted octanol–water partition coefficient (Wildman–Crippen LogP) is 4.22. The number of rotatable bonds is 6. The highest BCUT2D eigenvalue weighted by atomic mass is 35.5. The van der Waals surface area contributed by atoms with E-state index in [0.29, 0.717) is 30.1 Å². The number of halogens is 1. The van der Waals surface area contributed by atoms with E-state index in [-0.39, 0.29) is 11.8 Å². The van der Waals surface area contributed by atoms with Gasteiger partial charge in [0.2, 0.25) is 5.91 Å². The van der Waals surface area contributed by atoms with Crippen LogP contribution < -0.4 is 5.32 Å². The van der Waals surface area contributed by atoms with E-state index in [9.17, 15) is 9.59 Å². The molecule has 1 aliphatic heterocycles. The third kappa shape index (κ3) is 4.17. The summed E-state index contributed by atoms with van der Waals surface area (Å²) < 4.78 is 0. The normalized spacial score (nSPS) is 13.8. The molecular formula is C24H21ClN2O2. The smallest absolute Gasteiger partial charge is 0.255 e. The van der Waals surface area contributed by atoms with Crippen molar-refractivity contribution in [2.45, 2.75) is 25.6 Å². The lowest BCUT2D eigenvalue weighted by atomic mass is 10.0. The number of carbonyl (C=O) groups is 2. The van der Waals surface area contributed by atoms with Crippen LogP contribution in [0, 0.1) is 0 Å². The lowest BCUT2D eigenvalue weighted by molar-refractivity contribution is -0.125. The number of hydrogen-bond acceptors (Lipinski definition) is 2. The largest absolute Gasteiger partial charge is 0.350 e. The van der Waals surface area contributed by atoms with Crippen molar-refractivity contribution in [2.75, 3.05) is 0 Å². The molecule has 146 valence electrons. The fourth-order valence-corrected chi connectivity index (χ4v) is 3.85. The van der Waals surface area contributed by atoms with Gasteiger partial charge in [-0.3, -0.25) is 9.59 Å². The molecule has 4 nitrogen and oxygen atoms in total. The Kier molecular flexibility index (Phi) is 5.63. The Bertz CT molecular complexity index is 1040. The van der Waals surface area contributed by atoms with Gasteiger partial charge in [-0.2, -0.15) is 0 Å². The third-order valence-electron chi connectivity index (χ3n) is 5.21. The van der Waals surface area contributed by atoms with Crippen molar-refractivity contribution in [1.29, 1.82) is 0 Å². The summed E-state index contributed by atoms with van der Waals surface area (Å²) in [4.78, 5) is 27.8. The molecule has 0 fully saturated rings. The topological polar surface area (TPSA) is 49.4 Å². The van der Waals surface area contributed by atoms with Crippen LogP contribution in [0.5, 0.6) is 0 Å². The van der Waals surface area contributed by atoms with Gasteiger partial charge in [-0.05, 0) is 28.8 Å². The second kappa shape index (κ2) is 8.50. The number of amides is 2. The molecule has 5 heteroatoms. The Balaban J connectivity index is 1.56. The zero-order chi connectivity index (χ0) is 20.2. The minimum absolute atomic E-state index is 0.102. The van der Waals surface area contributed by atoms with E-state index in [1.54, 1.807) is 11.0 Å². The second-order valence-electron chi connectivity index (χ2n) is 7.10. The van der Waals surface area contributed by atoms with E-state index in [1.807, 2.05) is 72.8 Å². The molecule has 3 aromatic carbocycles. The van der Waals surface area contributed by atoms with Crippen LogP contribution >= 0.6 is 11.6 Å². The number of fused-ring (bicyclic) bond motifs is 1. The van der Waals surface area contributed by atoms with Gasteiger partial charge in [0, 0.05) is 30.1 Å². The van der Waals surface area contributed by atoms with Gasteiger partial charge in [-0.1, -0.05) is 78.3 Å². The van der Waals surface area contributed by atoms with Crippen LogP contribution in [0.4, 0.5) is 0 Å². The molecule has 0 saturated heterocycles. The van der Waals surface area contributed by atoms with E-state index in [1.165, 1.54) is 0 Å². The van der Waals surface area contributed by atoms with Crippen LogP contribution in [0.3, 0.4) is 0 Å². The van der Waals surface area contributed by atoms with Crippen molar-refractivity contribution >= 4 is 23.4 Å². The molecule has 1 unspecified atom stereocenters. The predicted molar refractivity (Wildman–Crippen MR) is 114 cm³/mol. The van der Waals surface area contributed by atoms with Crippen molar-refractivity contribution in [3.8, 4) is 0 Å². The molecule has 0 saturated carbocycles. The van der Waals surface area contributed by atoms with Crippen LogP contribution in [0.2, 0.25) is 5.02 Å². The zero-order valence-corrected chi connectivity index (χ0v) is 16.6. The van der Waals surface area contributed by atoms with Crippen molar-refractivity contribution in [2.24, 2.45) is 0 Å². The molecule has 0 aromatic heterocycles. The molecule has 1 heterocycles. The molecule has 0 radical (unpaired) electrons. The van der Waals surface area contributed by atoms with Crippen molar-refractivity contribution in [3.05, 3.63) is 106 Å². The highest BCUT2D eigenvalue weighted by Gasteiger charge is 2.36. The van der Waals surface area contributed by atoms with Gasteiger partial charge in [0.1, 0.15) is 6.04 Å². The summed E-state index contributed by atoms with van der Waals surface area (Å²) in [5, 5.41) is 3.58. The first kappa shape index (κ1) is 19.2. The minimum atomic E-state index is -0.597. The van der Waals surface area contributed by atoms with Crippen molar-refractivity contribution in [3.63, 3.8) is 0 Å². The molecular weight excluding hydrogens is 384 g/mol. The number of nitrogens with one attached hydrogen (secondary N) is 1. The highest BCUT2D eigenvalue weighted by Crippen LogP contribution is 2.26. The van der Waals surface area contributed by atoms with Crippen molar-refractivity contribution < 1.29 is 9.59 Å². The summed E-state index contributed by atoms with van der Waals surface area (Å²) in [5.41, 5.74) is 3.48. The quantitative estimate of drug-likeness (QED) is 0.668. The van der Waals surface area contributed by atoms with Gasteiger partial charge in [-0.15, -0.1) is 0 Å².